The number of oxazole rings is 1. The zero-order chi connectivity index (χ0) is 11.1. The molecule has 0 atom stereocenters. The number of hydrogen-bond acceptors (Lipinski definition) is 6. The van der Waals surface area contributed by atoms with Gasteiger partial charge in [0.15, 0.2) is 5.52 Å². The van der Waals surface area contributed by atoms with Crippen molar-refractivity contribution < 1.29 is 8.83 Å². The van der Waals surface area contributed by atoms with Crippen molar-refractivity contribution in [2.75, 3.05) is 5.73 Å². The van der Waals surface area contributed by atoms with Crippen molar-refractivity contribution >= 4 is 28.3 Å². The molecule has 0 fully saturated rings. The number of hydrogen-bond donors (Lipinski definition) is 1. The van der Waals surface area contributed by atoms with Crippen LogP contribution in [0.3, 0.4) is 0 Å². The summed E-state index contributed by atoms with van der Waals surface area (Å²) in [5.74, 6) is 0.908. The first-order valence-electron chi connectivity index (χ1n) is 4.76. The fourth-order valence-electron chi connectivity index (χ4n) is 1.52. The van der Waals surface area contributed by atoms with E-state index in [1.165, 1.54) is 6.26 Å². The third kappa shape index (κ3) is 1.47. The van der Waals surface area contributed by atoms with Crippen LogP contribution in [0.15, 0.2) is 21.3 Å². The van der Waals surface area contributed by atoms with Gasteiger partial charge in [0.25, 0.3) is 0 Å². The summed E-state index contributed by atoms with van der Waals surface area (Å²) in [5.41, 5.74) is 6.76. The molecule has 0 amide bonds. The van der Waals surface area contributed by atoms with Crippen molar-refractivity contribution in [1.29, 1.82) is 0 Å². The predicted molar refractivity (Wildman–Crippen MR) is 60.3 cm³/mol. The molecule has 2 N–H and O–H groups in total. The largest absolute Gasteiger partial charge is 0.443 e. The molecule has 0 radical (unpaired) electrons. The summed E-state index contributed by atoms with van der Waals surface area (Å²) >= 11 is 1.63. The molecule has 0 saturated carbocycles. The molecule has 16 heavy (non-hydrogen) atoms. The lowest BCUT2D eigenvalue weighted by Gasteiger charge is -1.89. The molecule has 0 aliphatic rings. The maximum Gasteiger partial charge on any atom is 0.235 e. The highest BCUT2D eigenvalue weighted by Gasteiger charge is 2.13. The van der Waals surface area contributed by atoms with Crippen LogP contribution >= 0.6 is 11.3 Å². The number of thiazole rings is 1. The van der Waals surface area contributed by atoms with Gasteiger partial charge in [-0.15, -0.1) is 11.3 Å². The second-order valence-corrected chi connectivity index (χ2v) is 4.76. The molecule has 0 unspecified atom stereocenters. The van der Waals surface area contributed by atoms with E-state index in [4.69, 9.17) is 14.6 Å². The molecule has 0 bridgehead atoms. The molecule has 0 aliphatic heterocycles. The average molecular weight is 235 g/mol. The zero-order valence-corrected chi connectivity index (χ0v) is 9.37. The van der Waals surface area contributed by atoms with Gasteiger partial charge in [-0.1, -0.05) is 0 Å². The summed E-state index contributed by atoms with van der Waals surface area (Å²) < 4.78 is 10.5. The van der Waals surface area contributed by atoms with E-state index in [1.807, 2.05) is 13.1 Å². The van der Waals surface area contributed by atoms with Gasteiger partial charge in [0.05, 0.1) is 11.4 Å². The quantitative estimate of drug-likeness (QED) is 0.737. The summed E-state index contributed by atoms with van der Waals surface area (Å²) in [5, 5.41) is 1.04. The van der Waals surface area contributed by atoms with E-state index in [-0.39, 0.29) is 5.88 Å². The number of nitrogens with two attached hydrogens (primary N) is 1. The summed E-state index contributed by atoms with van der Waals surface area (Å²) in [7, 11) is 0. The van der Waals surface area contributed by atoms with E-state index in [0.29, 0.717) is 23.4 Å². The Morgan fingerprint density at radius 2 is 2.38 bits per heavy atom. The summed E-state index contributed by atoms with van der Waals surface area (Å²) in [6.07, 6.45) is 3.97. The Labute approximate surface area is 94.9 Å². The van der Waals surface area contributed by atoms with Gasteiger partial charge in [-0.3, -0.25) is 0 Å². The molecule has 0 aliphatic carbocycles. The van der Waals surface area contributed by atoms with Crippen LogP contribution in [-0.2, 0) is 6.42 Å². The van der Waals surface area contributed by atoms with E-state index in [1.54, 1.807) is 11.3 Å². The van der Waals surface area contributed by atoms with Crippen molar-refractivity contribution in [3.63, 3.8) is 0 Å². The van der Waals surface area contributed by atoms with Crippen LogP contribution < -0.4 is 5.73 Å². The second kappa shape index (κ2) is 3.34. The monoisotopic (exact) mass is 235 g/mol. The van der Waals surface area contributed by atoms with Crippen molar-refractivity contribution in [2.24, 2.45) is 0 Å². The molecule has 0 saturated heterocycles. The molecule has 3 aromatic heterocycles. The number of furan rings is 1. The highest BCUT2D eigenvalue weighted by Crippen LogP contribution is 2.25. The number of aryl methyl sites for hydroxylation is 1. The third-order valence-electron chi connectivity index (χ3n) is 2.21. The molecule has 6 heteroatoms. The van der Waals surface area contributed by atoms with Gasteiger partial charge in [0.2, 0.25) is 17.4 Å². The van der Waals surface area contributed by atoms with E-state index in [0.717, 1.165) is 9.88 Å². The fourth-order valence-corrected chi connectivity index (χ4v) is 2.30. The highest BCUT2D eigenvalue weighted by atomic mass is 32.1. The van der Waals surface area contributed by atoms with E-state index < -0.39 is 0 Å². The first kappa shape index (κ1) is 9.41. The topological polar surface area (TPSA) is 78.1 Å². The number of fused-ring (bicyclic) bond motifs is 1. The first-order valence-corrected chi connectivity index (χ1v) is 5.57. The molecule has 82 valence electrons. The Morgan fingerprint density at radius 3 is 3.06 bits per heavy atom. The molecule has 3 aromatic rings. The lowest BCUT2D eigenvalue weighted by atomic mass is 10.4. The van der Waals surface area contributed by atoms with E-state index in [2.05, 4.69) is 9.97 Å². The van der Waals surface area contributed by atoms with Gasteiger partial charge in [-0.05, 0) is 6.92 Å². The standard InChI is InChI=1S/C10H9N3O2S/c1-5-12-3-6(16-5)2-8-13-7-4-14-10(11)9(7)15-8/h3-4H,2,11H2,1H3. The van der Waals surface area contributed by atoms with Gasteiger partial charge in [0.1, 0.15) is 6.26 Å². The minimum Gasteiger partial charge on any atom is -0.443 e. The fraction of sp³-hybridized carbons (Fsp3) is 0.200. The molecular weight excluding hydrogens is 226 g/mol. The Hall–Kier alpha value is -1.82. The number of nitrogens with zero attached hydrogens (tertiary/aromatic N) is 2. The Bertz CT molecular complexity index is 637. The maximum atomic E-state index is 5.58. The van der Waals surface area contributed by atoms with Crippen molar-refractivity contribution in [3.05, 3.63) is 28.2 Å². The van der Waals surface area contributed by atoms with Crippen molar-refractivity contribution in [1.82, 2.24) is 9.97 Å². The molecule has 0 spiro atoms. The van der Waals surface area contributed by atoms with Crippen LogP contribution in [0.1, 0.15) is 15.8 Å². The number of nitrogen functional groups attached to an aromatic ring is 1. The Balaban J connectivity index is 1.94. The zero-order valence-electron chi connectivity index (χ0n) is 8.56. The van der Waals surface area contributed by atoms with Crippen LogP contribution in [0.5, 0.6) is 0 Å². The smallest absolute Gasteiger partial charge is 0.235 e. The molecule has 5 nitrogen and oxygen atoms in total. The van der Waals surface area contributed by atoms with Crippen LogP contribution in [0, 0.1) is 6.92 Å². The first-order chi connectivity index (χ1) is 7.72. The Kier molecular flexibility index (Phi) is 1.97. The SMILES string of the molecule is Cc1ncc(Cc2nc3coc(N)c3o2)s1. The minimum absolute atomic E-state index is 0.272. The summed E-state index contributed by atoms with van der Waals surface area (Å²) in [6.45, 7) is 1.97. The normalized spacial score (nSPS) is 11.3. The summed E-state index contributed by atoms with van der Waals surface area (Å²) in [6, 6.07) is 0. The van der Waals surface area contributed by atoms with Crippen LogP contribution in [0.25, 0.3) is 11.1 Å². The summed E-state index contributed by atoms with van der Waals surface area (Å²) in [4.78, 5) is 9.58. The van der Waals surface area contributed by atoms with Gasteiger partial charge >= 0.3 is 0 Å². The van der Waals surface area contributed by atoms with Gasteiger partial charge in [0, 0.05) is 11.1 Å². The number of rotatable bonds is 2. The maximum absolute atomic E-state index is 5.58. The van der Waals surface area contributed by atoms with Crippen LogP contribution in [0.2, 0.25) is 0 Å². The molecule has 3 heterocycles. The van der Waals surface area contributed by atoms with Gasteiger partial charge in [-0.25, -0.2) is 9.97 Å². The molecular formula is C10H9N3O2S. The lowest BCUT2D eigenvalue weighted by molar-refractivity contribution is 0.526. The van der Waals surface area contributed by atoms with Crippen LogP contribution in [0.4, 0.5) is 5.88 Å². The molecule has 0 aromatic carbocycles. The van der Waals surface area contributed by atoms with Gasteiger partial charge < -0.3 is 14.6 Å². The third-order valence-corrected chi connectivity index (χ3v) is 3.13. The van der Waals surface area contributed by atoms with E-state index >= 15 is 0 Å². The van der Waals surface area contributed by atoms with Crippen molar-refractivity contribution in [3.8, 4) is 0 Å². The molecule has 3 rings (SSSR count). The number of aromatic nitrogens is 2. The minimum atomic E-state index is 0.272. The lowest BCUT2D eigenvalue weighted by Crippen LogP contribution is -1.83. The average Bonchev–Trinajstić information content (AvgIpc) is 2.88. The van der Waals surface area contributed by atoms with Crippen LogP contribution in [-0.4, -0.2) is 9.97 Å². The van der Waals surface area contributed by atoms with Gasteiger partial charge in [-0.2, -0.15) is 0 Å². The van der Waals surface area contributed by atoms with E-state index in [9.17, 15) is 0 Å². The number of anilines is 1. The predicted octanol–water partition coefficient (Wildman–Crippen LogP) is 2.36. The Morgan fingerprint density at radius 1 is 1.50 bits per heavy atom. The van der Waals surface area contributed by atoms with Crippen molar-refractivity contribution in [2.45, 2.75) is 13.3 Å². The second-order valence-electron chi connectivity index (χ2n) is 3.44. The highest BCUT2D eigenvalue weighted by molar-refractivity contribution is 7.11.